The largest absolute Gasteiger partial charge is 0.354 e. The first-order valence-corrected chi connectivity index (χ1v) is 21.8. The van der Waals surface area contributed by atoms with Gasteiger partial charge in [0, 0.05) is 49.9 Å². The van der Waals surface area contributed by atoms with Crippen LogP contribution in [0, 0.1) is 11.5 Å². The van der Waals surface area contributed by atoms with Crippen molar-refractivity contribution in [2.75, 3.05) is 0 Å². The zero-order valence-corrected chi connectivity index (χ0v) is 31.5. The van der Waals surface area contributed by atoms with Gasteiger partial charge in [-0.2, -0.15) is 0 Å². The number of nitrogens with zero attached hydrogens (tertiary/aromatic N) is 2. The number of fused-ring (bicyclic) bond motifs is 8. The highest BCUT2D eigenvalue weighted by molar-refractivity contribution is 6.83. The van der Waals surface area contributed by atoms with Crippen LogP contribution in [-0.4, -0.2) is 28.0 Å². The predicted molar refractivity (Wildman–Crippen MR) is 231 cm³/mol. The van der Waals surface area contributed by atoms with Crippen LogP contribution in [0.3, 0.4) is 0 Å². The van der Waals surface area contributed by atoms with E-state index < -0.39 is 8.07 Å². The standard InChI is InChI=1S/C49H38N4Si/c1-54(2,3)31-30-33-14-13-21-37(32-33)49-44-28-26-42(52-44)47(35-17-9-5-10-18-35)40-24-22-38(50-40)46(34-15-7-4-8-16-34)39-23-25-41(51-39)48(36-19-11-6-12-20-36)43-27-29-45(49)53-43/h4-29,32,50,53H,1-3H3. The maximum atomic E-state index is 5.43. The van der Waals surface area contributed by atoms with Gasteiger partial charge in [0.05, 0.1) is 22.8 Å². The first-order chi connectivity index (χ1) is 26.4. The van der Waals surface area contributed by atoms with E-state index in [4.69, 9.17) is 9.97 Å². The molecule has 0 amide bonds. The molecule has 0 aliphatic carbocycles. The second-order valence-electron chi connectivity index (χ2n) is 14.7. The number of aromatic nitrogens is 4. The Balaban J connectivity index is 1.44. The summed E-state index contributed by atoms with van der Waals surface area (Å²) in [6, 6.07) is 48.8. The molecule has 0 saturated carbocycles. The fourth-order valence-corrected chi connectivity index (χ4v) is 7.77. The van der Waals surface area contributed by atoms with Crippen LogP contribution in [0.5, 0.6) is 0 Å². The molecule has 9 rings (SSSR count). The van der Waals surface area contributed by atoms with Crippen LogP contribution in [0.25, 0.3) is 90.9 Å². The number of nitrogens with one attached hydrogen (secondary N) is 2. The van der Waals surface area contributed by atoms with Crippen molar-refractivity contribution < 1.29 is 0 Å². The lowest BCUT2D eigenvalue weighted by Crippen LogP contribution is -2.16. The van der Waals surface area contributed by atoms with Crippen LogP contribution in [0.15, 0.2) is 140 Å². The monoisotopic (exact) mass is 710 g/mol. The fraction of sp³-hybridized carbons (Fsp3) is 0.0612. The molecule has 258 valence electrons. The number of rotatable bonds is 4. The van der Waals surface area contributed by atoms with Crippen LogP contribution in [0.4, 0.5) is 0 Å². The highest BCUT2D eigenvalue weighted by Gasteiger charge is 2.19. The molecule has 8 bridgehead atoms. The zero-order valence-electron chi connectivity index (χ0n) is 30.5. The van der Waals surface area contributed by atoms with Crippen molar-refractivity contribution in [2.45, 2.75) is 19.6 Å². The van der Waals surface area contributed by atoms with Crippen molar-refractivity contribution in [3.8, 4) is 56.0 Å². The molecule has 0 spiro atoms. The van der Waals surface area contributed by atoms with Crippen LogP contribution in [0.1, 0.15) is 28.3 Å². The highest BCUT2D eigenvalue weighted by atomic mass is 28.3. The molecular formula is C49H38N4Si. The van der Waals surface area contributed by atoms with Crippen molar-refractivity contribution in [2.24, 2.45) is 0 Å². The van der Waals surface area contributed by atoms with E-state index in [1.54, 1.807) is 0 Å². The third-order valence-electron chi connectivity index (χ3n) is 9.67. The molecule has 5 heteroatoms. The smallest absolute Gasteiger partial charge is 0.129 e. The summed E-state index contributed by atoms with van der Waals surface area (Å²) in [7, 11) is -1.57. The van der Waals surface area contributed by atoms with E-state index in [9.17, 15) is 0 Å². The lowest BCUT2D eigenvalue weighted by Gasteiger charge is -2.07. The second-order valence-corrected chi connectivity index (χ2v) is 19.4. The summed E-state index contributed by atoms with van der Waals surface area (Å²) in [6.45, 7) is 6.82. The Bertz CT molecular complexity index is 2810. The van der Waals surface area contributed by atoms with E-state index in [1.807, 2.05) is 0 Å². The van der Waals surface area contributed by atoms with Gasteiger partial charge in [0.25, 0.3) is 0 Å². The Morgan fingerprint density at radius 1 is 0.407 bits per heavy atom. The topological polar surface area (TPSA) is 57.4 Å². The molecule has 54 heavy (non-hydrogen) atoms. The molecule has 0 atom stereocenters. The van der Waals surface area contributed by atoms with E-state index in [1.165, 1.54) is 0 Å². The van der Waals surface area contributed by atoms with Crippen LogP contribution in [-0.2, 0) is 0 Å². The maximum Gasteiger partial charge on any atom is 0.129 e. The van der Waals surface area contributed by atoms with Gasteiger partial charge in [-0.1, -0.05) is 129 Å². The fourth-order valence-electron chi connectivity index (χ4n) is 7.25. The normalized spacial score (nSPS) is 12.1. The molecule has 2 aliphatic heterocycles. The first-order valence-electron chi connectivity index (χ1n) is 18.3. The lowest BCUT2D eigenvalue weighted by atomic mass is 10.0. The van der Waals surface area contributed by atoms with Gasteiger partial charge in [0.15, 0.2) is 0 Å². The van der Waals surface area contributed by atoms with Gasteiger partial charge in [-0.25, -0.2) is 9.97 Å². The summed E-state index contributed by atoms with van der Waals surface area (Å²) in [5.74, 6) is 3.48. The Morgan fingerprint density at radius 2 is 0.759 bits per heavy atom. The summed E-state index contributed by atoms with van der Waals surface area (Å²) in [6.07, 6.45) is 8.56. The zero-order chi connectivity index (χ0) is 36.6. The summed E-state index contributed by atoms with van der Waals surface area (Å²) < 4.78 is 0. The van der Waals surface area contributed by atoms with Crippen molar-refractivity contribution in [1.29, 1.82) is 0 Å². The van der Waals surface area contributed by atoms with Crippen LogP contribution in [0.2, 0.25) is 19.6 Å². The summed E-state index contributed by atoms with van der Waals surface area (Å²) in [4.78, 5) is 18.5. The molecule has 0 radical (unpaired) electrons. The molecule has 4 nitrogen and oxygen atoms in total. The number of H-pyrrole nitrogens is 2. The SMILES string of the molecule is C[Si](C)(C)C#Cc1cccc(-c2c3nc(c(-c4ccccc4)c4ccc([nH]4)c(-c4ccccc4)c4nc(c(-c5ccccc5)c5ccc2[nH]5)C=C4)C=C3)c1. The van der Waals surface area contributed by atoms with Crippen LogP contribution >= 0.6 is 0 Å². The predicted octanol–water partition coefficient (Wildman–Crippen LogP) is 12.6. The number of benzene rings is 4. The summed E-state index contributed by atoms with van der Waals surface area (Å²) >= 11 is 0. The number of aromatic amines is 2. The van der Waals surface area contributed by atoms with E-state index >= 15 is 0 Å². The molecule has 3 aromatic heterocycles. The number of hydrogen-bond acceptors (Lipinski definition) is 2. The molecule has 5 heterocycles. The summed E-state index contributed by atoms with van der Waals surface area (Å²) in [5.41, 5.74) is 20.5. The molecule has 4 aromatic carbocycles. The number of hydrogen-bond donors (Lipinski definition) is 2. The average molecular weight is 711 g/mol. The van der Waals surface area contributed by atoms with Crippen molar-refractivity contribution in [3.63, 3.8) is 0 Å². The van der Waals surface area contributed by atoms with Gasteiger partial charge in [0.2, 0.25) is 0 Å². The molecular weight excluding hydrogens is 673 g/mol. The first kappa shape index (κ1) is 33.1. The van der Waals surface area contributed by atoms with Crippen molar-refractivity contribution in [3.05, 3.63) is 168 Å². The molecule has 0 unspecified atom stereocenters. The molecule has 2 N–H and O–H groups in total. The lowest BCUT2D eigenvalue weighted by molar-refractivity contribution is 1.31. The van der Waals surface area contributed by atoms with E-state index in [2.05, 4.69) is 205 Å². The Kier molecular flexibility index (Phi) is 8.38. The van der Waals surface area contributed by atoms with Gasteiger partial charge in [-0.05, 0) is 83.0 Å². The maximum absolute atomic E-state index is 5.43. The van der Waals surface area contributed by atoms with Gasteiger partial charge < -0.3 is 9.97 Å². The Labute approximate surface area is 316 Å². The highest BCUT2D eigenvalue weighted by Crippen LogP contribution is 2.38. The van der Waals surface area contributed by atoms with Gasteiger partial charge in [-0.15, -0.1) is 5.54 Å². The van der Waals surface area contributed by atoms with Crippen LogP contribution < -0.4 is 0 Å². The van der Waals surface area contributed by atoms with Gasteiger partial charge in [-0.3, -0.25) is 0 Å². The minimum Gasteiger partial charge on any atom is -0.354 e. The molecule has 0 saturated heterocycles. The molecule has 7 aromatic rings. The Morgan fingerprint density at radius 3 is 1.13 bits per heavy atom. The van der Waals surface area contributed by atoms with E-state index in [0.29, 0.717) is 0 Å². The second kappa shape index (κ2) is 13.7. The summed E-state index contributed by atoms with van der Waals surface area (Å²) in [5, 5.41) is 0. The van der Waals surface area contributed by atoms with E-state index in [0.717, 1.165) is 94.9 Å². The van der Waals surface area contributed by atoms with Gasteiger partial charge >= 0.3 is 0 Å². The van der Waals surface area contributed by atoms with Crippen molar-refractivity contribution in [1.82, 2.24) is 19.9 Å². The quantitative estimate of drug-likeness (QED) is 0.141. The molecule has 0 fully saturated rings. The molecule has 2 aliphatic rings. The minimum atomic E-state index is -1.57. The minimum absolute atomic E-state index is 0.882. The van der Waals surface area contributed by atoms with E-state index in [-0.39, 0.29) is 0 Å². The third-order valence-corrected chi connectivity index (χ3v) is 10.5. The third kappa shape index (κ3) is 6.45. The van der Waals surface area contributed by atoms with Crippen molar-refractivity contribution >= 4 is 54.4 Å². The van der Waals surface area contributed by atoms with Gasteiger partial charge in [0.1, 0.15) is 8.07 Å². The Hall–Kier alpha value is -6.74. The average Bonchev–Trinajstić information content (AvgIpc) is 4.03.